The second-order valence-corrected chi connectivity index (χ2v) is 18.4. The van der Waals surface area contributed by atoms with Crippen LogP contribution in [0.2, 0.25) is 0 Å². The Morgan fingerprint density at radius 2 is 1.67 bits per heavy atom. The molecule has 1 aromatic heterocycles. The molecule has 3 fully saturated rings. The van der Waals surface area contributed by atoms with Crippen LogP contribution in [0.5, 0.6) is 23.0 Å². The minimum atomic E-state index is -0.372. The molecular weight excluding hydrogens is 689 g/mol. The first kappa shape index (κ1) is 39.5. The predicted molar refractivity (Wildman–Crippen MR) is 218 cm³/mol. The van der Waals surface area contributed by atoms with Crippen LogP contribution in [-0.4, -0.2) is 25.3 Å². The van der Waals surface area contributed by atoms with E-state index in [1.807, 2.05) is 6.92 Å². The normalized spacial score (nSPS) is 29.4. The van der Waals surface area contributed by atoms with Crippen molar-refractivity contribution in [3.63, 3.8) is 0 Å². The Balaban J connectivity index is 0.925. The van der Waals surface area contributed by atoms with Crippen LogP contribution < -0.4 is 19.6 Å². The molecule has 0 saturated heterocycles. The monoisotopic (exact) mass is 752 g/mol. The van der Waals surface area contributed by atoms with Crippen LogP contribution in [0.4, 0.5) is 0 Å². The zero-order valence-electron chi connectivity index (χ0n) is 34.4. The summed E-state index contributed by atoms with van der Waals surface area (Å²) >= 11 is 0. The van der Waals surface area contributed by atoms with E-state index in [9.17, 15) is 9.59 Å². The van der Waals surface area contributed by atoms with Gasteiger partial charge in [-0.1, -0.05) is 65.5 Å². The molecule has 0 spiro atoms. The van der Waals surface area contributed by atoms with E-state index in [-0.39, 0.29) is 35.3 Å². The van der Waals surface area contributed by atoms with E-state index >= 15 is 0 Å². The molecule has 0 N–H and O–H groups in total. The molecule has 4 aliphatic carbocycles. The lowest BCUT2D eigenvalue weighted by Crippen LogP contribution is -2.52. The first-order valence-corrected chi connectivity index (χ1v) is 21.4. The van der Waals surface area contributed by atoms with Crippen LogP contribution in [0, 0.1) is 53.3 Å². The van der Waals surface area contributed by atoms with Crippen molar-refractivity contribution in [3.8, 4) is 23.0 Å². The second-order valence-electron chi connectivity index (χ2n) is 18.4. The van der Waals surface area contributed by atoms with Crippen molar-refractivity contribution in [2.24, 2.45) is 46.3 Å². The van der Waals surface area contributed by atoms with Crippen molar-refractivity contribution in [2.45, 2.75) is 132 Å². The number of benzene rings is 2. The van der Waals surface area contributed by atoms with E-state index in [0.717, 1.165) is 60.5 Å². The summed E-state index contributed by atoms with van der Waals surface area (Å²) in [5.74, 6) is 6.67. The summed E-state index contributed by atoms with van der Waals surface area (Å²) in [4.78, 5) is 26.4. The maximum Gasteiger partial charge on any atom is 0.344 e. The molecule has 55 heavy (non-hydrogen) atoms. The number of hydrogen-bond donors (Lipinski definition) is 0. The predicted octanol–water partition coefficient (Wildman–Crippen LogP) is 12.0. The topological polar surface area (TPSA) is 84.2 Å². The van der Waals surface area contributed by atoms with Gasteiger partial charge in [0, 0.05) is 12.5 Å². The Morgan fingerprint density at radius 3 is 2.44 bits per heavy atom. The van der Waals surface area contributed by atoms with E-state index in [0.29, 0.717) is 40.3 Å². The summed E-state index contributed by atoms with van der Waals surface area (Å²) in [7, 11) is 0. The fourth-order valence-electron chi connectivity index (χ4n) is 11.3. The molecule has 7 nitrogen and oxygen atoms in total. The highest BCUT2D eigenvalue weighted by Crippen LogP contribution is 2.65. The van der Waals surface area contributed by atoms with Crippen LogP contribution in [0.15, 0.2) is 63.3 Å². The highest BCUT2D eigenvalue weighted by Gasteiger charge is 2.56. The van der Waals surface area contributed by atoms with Gasteiger partial charge in [-0.05, 0) is 148 Å². The highest BCUT2D eigenvalue weighted by molar-refractivity contribution is 5.80. The van der Waals surface area contributed by atoms with Gasteiger partial charge in [-0.25, -0.2) is 4.79 Å². The van der Waals surface area contributed by atoms with E-state index in [4.69, 9.17) is 23.4 Å². The SMILES string of the molecule is CCOc1ccc(Oc2c(C)oc3cc(OCC(=O)O[C@H]4CC[C@]5(C)C(=CC[C@H]6[C@H]7CC[C@@H]([C@@H](C)CCCC(C)C)C[C@]7(C)CC[C@@H]65)C4)ccc3c2=O)cc1. The highest BCUT2D eigenvalue weighted by atomic mass is 16.6. The number of carbonyl (C=O) groups is 1. The maximum absolute atomic E-state index is 13.3. The molecule has 7 heteroatoms. The summed E-state index contributed by atoms with van der Waals surface area (Å²) in [6, 6.07) is 12.1. The van der Waals surface area contributed by atoms with Gasteiger partial charge in [0.05, 0.1) is 12.0 Å². The number of rotatable bonds is 13. The van der Waals surface area contributed by atoms with Gasteiger partial charge in [-0.2, -0.15) is 0 Å². The second kappa shape index (κ2) is 16.4. The molecule has 0 unspecified atom stereocenters. The van der Waals surface area contributed by atoms with Gasteiger partial charge in [0.15, 0.2) is 6.61 Å². The quantitative estimate of drug-likeness (QED) is 0.127. The van der Waals surface area contributed by atoms with Gasteiger partial charge >= 0.3 is 5.97 Å². The Bertz CT molecular complexity index is 1910. The minimum absolute atomic E-state index is 0.125. The van der Waals surface area contributed by atoms with Crippen LogP contribution in [0.25, 0.3) is 11.0 Å². The molecule has 1 heterocycles. The van der Waals surface area contributed by atoms with Crippen molar-refractivity contribution < 1.29 is 28.2 Å². The van der Waals surface area contributed by atoms with Crippen molar-refractivity contribution in [1.29, 1.82) is 0 Å². The maximum atomic E-state index is 13.3. The molecular formula is C48H64O7. The average molecular weight is 753 g/mol. The van der Waals surface area contributed by atoms with Crippen LogP contribution in [0.3, 0.4) is 0 Å². The summed E-state index contributed by atoms with van der Waals surface area (Å²) in [5, 5.41) is 0.368. The summed E-state index contributed by atoms with van der Waals surface area (Å²) < 4.78 is 29.3. The molecule has 0 amide bonds. The Morgan fingerprint density at radius 1 is 0.909 bits per heavy atom. The third-order valence-electron chi connectivity index (χ3n) is 14.4. The fourth-order valence-corrected chi connectivity index (χ4v) is 11.3. The number of hydrogen-bond acceptors (Lipinski definition) is 7. The van der Waals surface area contributed by atoms with Crippen molar-refractivity contribution in [2.75, 3.05) is 13.2 Å². The molecule has 3 saturated carbocycles. The molecule has 298 valence electrons. The van der Waals surface area contributed by atoms with E-state index in [1.54, 1.807) is 49.4 Å². The number of ether oxygens (including phenoxy) is 4. The molecule has 0 bridgehead atoms. The van der Waals surface area contributed by atoms with Gasteiger partial charge in [-0.15, -0.1) is 0 Å². The van der Waals surface area contributed by atoms with Crippen molar-refractivity contribution in [1.82, 2.24) is 0 Å². The van der Waals surface area contributed by atoms with Gasteiger partial charge in [0.25, 0.3) is 0 Å². The standard InChI is InChI=1S/C48H64O7/c1-8-51-35-14-16-36(17-15-35)55-46-32(5)53-43-27-37(18-20-40(43)45(46)50)52-29-44(49)54-38-22-25-48(7)34(26-38)13-19-39-41-21-12-33(31(4)11-9-10-30(2)3)28-47(41,6)24-23-42(39)48/h13-18,20,27,30-31,33,38-39,41-42H,8-12,19,21-26,28-29H2,1-7H3/t31-,33+,38-,39-,41+,42-,47-,48+/m0/s1. The summed E-state index contributed by atoms with van der Waals surface area (Å²) in [5.41, 5.74) is 2.29. The number of allylic oxidation sites excluding steroid dienone is 1. The third kappa shape index (κ3) is 8.37. The van der Waals surface area contributed by atoms with Gasteiger partial charge in [0.1, 0.15) is 34.7 Å². The average Bonchev–Trinajstić information content (AvgIpc) is 3.15. The van der Waals surface area contributed by atoms with E-state index < -0.39 is 0 Å². The first-order chi connectivity index (χ1) is 26.4. The lowest BCUT2D eigenvalue weighted by molar-refractivity contribution is -0.154. The number of fused-ring (bicyclic) bond motifs is 6. The Hall–Kier alpha value is -3.74. The number of carbonyl (C=O) groups excluding carboxylic acids is 1. The van der Waals surface area contributed by atoms with Gasteiger partial charge in [-0.3, -0.25) is 4.79 Å². The third-order valence-corrected chi connectivity index (χ3v) is 14.4. The van der Waals surface area contributed by atoms with Gasteiger partial charge < -0.3 is 23.4 Å². The molecule has 0 radical (unpaired) electrons. The molecule has 4 aliphatic rings. The van der Waals surface area contributed by atoms with E-state index in [2.05, 4.69) is 40.7 Å². The minimum Gasteiger partial charge on any atom is -0.494 e. The Labute approximate surface area is 328 Å². The molecule has 8 atom stereocenters. The van der Waals surface area contributed by atoms with Crippen LogP contribution in [0.1, 0.15) is 124 Å². The van der Waals surface area contributed by atoms with Crippen LogP contribution >= 0.6 is 0 Å². The largest absolute Gasteiger partial charge is 0.494 e. The number of aryl methyl sites for hydroxylation is 1. The summed E-state index contributed by atoms with van der Waals surface area (Å²) in [6.07, 6.45) is 17.5. The number of esters is 1. The van der Waals surface area contributed by atoms with Gasteiger partial charge in [0.2, 0.25) is 11.2 Å². The lowest BCUT2D eigenvalue weighted by Gasteiger charge is -2.61. The molecule has 3 aromatic rings. The van der Waals surface area contributed by atoms with E-state index in [1.165, 1.54) is 63.4 Å². The first-order valence-electron chi connectivity index (χ1n) is 21.4. The van der Waals surface area contributed by atoms with Crippen LogP contribution in [-0.2, 0) is 9.53 Å². The lowest BCUT2D eigenvalue weighted by atomic mass is 9.44. The summed E-state index contributed by atoms with van der Waals surface area (Å²) in [6.45, 7) is 16.4. The smallest absolute Gasteiger partial charge is 0.344 e. The molecule has 2 aromatic carbocycles. The zero-order valence-corrected chi connectivity index (χ0v) is 34.4. The molecule has 7 rings (SSSR count). The fraction of sp³-hybridized carbons (Fsp3) is 0.625. The van der Waals surface area contributed by atoms with Crippen molar-refractivity contribution in [3.05, 3.63) is 70.1 Å². The zero-order chi connectivity index (χ0) is 38.9. The Kier molecular flexibility index (Phi) is 11.8. The molecule has 0 aliphatic heterocycles. The van der Waals surface area contributed by atoms with Crippen molar-refractivity contribution >= 4 is 16.9 Å².